The number of rotatable bonds is 5. The topological polar surface area (TPSA) is 71.5 Å². The minimum absolute atomic E-state index is 0.215. The zero-order chi connectivity index (χ0) is 20.9. The summed E-state index contributed by atoms with van der Waals surface area (Å²) in [7, 11) is 1.34. The molecule has 156 valence electrons. The zero-order valence-electron chi connectivity index (χ0n) is 16.9. The number of likely N-dealkylation sites (tertiary alicyclic amines) is 1. The van der Waals surface area contributed by atoms with E-state index in [4.69, 9.17) is 9.72 Å². The fourth-order valence-corrected chi connectivity index (χ4v) is 4.95. The van der Waals surface area contributed by atoms with Crippen molar-refractivity contribution in [1.82, 2.24) is 15.2 Å². The Hall–Kier alpha value is -2.93. The third kappa shape index (κ3) is 4.62. The summed E-state index contributed by atoms with van der Waals surface area (Å²) in [6.07, 6.45) is 2.32. The predicted octanol–water partition coefficient (Wildman–Crippen LogP) is 3.97. The minimum atomic E-state index is -0.715. The second kappa shape index (κ2) is 9.26. The lowest BCUT2D eigenvalue weighted by Gasteiger charge is -2.32. The van der Waals surface area contributed by atoms with E-state index in [0.29, 0.717) is 19.5 Å². The third-order valence-electron chi connectivity index (χ3n) is 5.43. The summed E-state index contributed by atoms with van der Waals surface area (Å²) in [6.45, 7) is 1.28. The van der Waals surface area contributed by atoms with Crippen LogP contribution in [0.2, 0.25) is 0 Å². The Labute approximate surface area is 179 Å². The van der Waals surface area contributed by atoms with E-state index in [1.807, 2.05) is 48.5 Å². The summed E-state index contributed by atoms with van der Waals surface area (Å²) >= 11 is 1.70. The summed E-state index contributed by atoms with van der Waals surface area (Å²) in [6, 6.07) is 16.8. The van der Waals surface area contributed by atoms with Crippen LogP contribution in [0.25, 0.3) is 10.2 Å². The van der Waals surface area contributed by atoms with Gasteiger partial charge in [0.25, 0.3) is 0 Å². The van der Waals surface area contributed by atoms with Crippen LogP contribution in [-0.2, 0) is 16.0 Å². The number of methoxy groups -OCH3 is 1. The number of esters is 1. The summed E-state index contributed by atoms with van der Waals surface area (Å²) in [5.41, 5.74) is 1.98. The van der Waals surface area contributed by atoms with Crippen molar-refractivity contribution in [2.75, 3.05) is 20.2 Å². The number of nitrogens with one attached hydrogen (secondary N) is 1. The fraction of sp³-hybridized carbons (Fsp3) is 0.348. The minimum Gasteiger partial charge on any atom is -0.467 e. The largest absolute Gasteiger partial charge is 0.467 e. The molecule has 30 heavy (non-hydrogen) atoms. The van der Waals surface area contributed by atoms with Crippen molar-refractivity contribution >= 4 is 33.6 Å². The Balaban J connectivity index is 1.44. The summed E-state index contributed by atoms with van der Waals surface area (Å²) in [4.78, 5) is 31.8. The lowest BCUT2D eigenvalue weighted by molar-refractivity contribution is -0.142. The van der Waals surface area contributed by atoms with Crippen molar-refractivity contribution in [3.05, 3.63) is 65.2 Å². The molecule has 1 aromatic heterocycles. The van der Waals surface area contributed by atoms with E-state index in [1.165, 1.54) is 11.8 Å². The van der Waals surface area contributed by atoms with Gasteiger partial charge >= 0.3 is 12.0 Å². The molecule has 2 unspecified atom stereocenters. The van der Waals surface area contributed by atoms with Gasteiger partial charge in [0.2, 0.25) is 0 Å². The number of benzene rings is 2. The van der Waals surface area contributed by atoms with Crippen LogP contribution >= 0.6 is 11.3 Å². The molecule has 0 bridgehead atoms. The molecule has 2 atom stereocenters. The Morgan fingerprint density at radius 2 is 1.97 bits per heavy atom. The summed E-state index contributed by atoms with van der Waals surface area (Å²) in [5, 5.41) is 3.95. The molecule has 2 heterocycles. The van der Waals surface area contributed by atoms with Gasteiger partial charge in [0, 0.05) is 25.4 Å². The molecule has 7 heteroatoms. The second-order valence-electron chi connectivity index (χ2n) is 7.52. The molecule has 1 fully saturated rings. The quantitative estimate of drug-likeness (QED) is 0.631. The van der Waals surface area contributed by atoms with Gasteiger partial charge in [-0.15, -0.1) is 11.3 Å². The van der Waals surface area contributed by atoms with E-state index >= 15 is 0 Å². The highest BCUT2D eigenvalue weighted by Gasteiger charge is 2.30. The standard InChI is InChI=1S/C23H25N3O3S/c1-29-22(27)19(14-16-8-3-2-4-9-16)25-23(28)26-13-7-10-17(15-26)21-24-18-11-5-6-12-20(18)30-21/h2-6,8-9,11-12,17,19H,7,10,13-15H2,1H3,(H,25,28). The average Bonchev–Trinajstić information content (AvgIpc) is 3.23. The maximum Gasteiger partial charge on any atom is 0.328 e. The number of aromatic nitrogens is 1. The molecular formula is C23H25N3O3S. The zero-order valence-corrected chi connectivity index (χ0v) is 17.7. The number of fused-ring (bicyclic) bond motifs is 1. The van der Waals surface area contributed by atoms with Crippen LogP contribution < -0.4 is 5.32 Å². The van der Waals surface area contributed by atoms with E-state index < -0.39 is 12.0 Å². The average molecular weight is 424 g/mol. The third-order valence-corrected chi connectivity index (χ3v) is 6.63. The van der Waals surface area contributed by atoms with Crippen molar-refractivity contribution in [2.45, 2.75) is 31.2 Å². The van der Waals surface area contributed by atoms with Crippen molar-refractivity contribution in [3.8, 4) is 0 Å². The number of para-hydroxylation sites is 1. The highest BCUT2D eigenvalue weighted by molar-refractivity contribution is 7.18. The van der Waals surface area contributed by atoms with Crippen molar-refractivity contribution in [1.29, 1.82) is 0 Å². The number of hydrogen-bond donors (Lipinski definition) is 1. The lowest BCUT2D eigenvalue weighted by Crippen LogP contribution is -2.51. The fourth-order valence-electron chi connectivity index (χ4n) is 3.85. The van der Waals surface area contributed by atoms with Gasteiger partial charge in [-0.3, -0.25) is 0 Å². The van der Waals surface area contributed by atoms with Gasteiger partial charge in [0.05, 0.1) is 22.3 Å². The molecule has 1 aliphatic heterocycles. The van der Waals surface area contributed by atoms with Crippen LogP contribution in [0, 0.1) is 0 Å². The Kier molecular flexibility index (Phi) is 6.28. The number of nitrogens with zero attached hydrogens (tertiary/aromatic N) is 2. The molecule has 2 aromatic carbocycles. The molecular weight excluding hydrogens is 398 g/mol. The number of thiazole rings is 1. The van der Waals surface area contributed by atoms with Gasteiger partial charge in [-0.2, -0.15) is 0 Å². The number of ether oxygens (including phenoxy) is 1. The van der Waals surface area contributed by atoms with Crippen LogP contribution in [-0.4, -0.2) is 48.1 Å². The van der Waals surface area contributed by atoms with E-state index in [9.17, 15) is 9.59 Å². The normalized spacial score (nSPS) is 17.5. The van der Waals surface area contributed by atoms with Crippen LogP contribution in [0.3, 0.4) is 0 Å². The van der Waals surface area contributed by atoms with Crippen LogP contribution in [0.5, 0.6) is 0 Å². The van der Waals surface area contributed by atoms with E-state index in [0.717, 1.165) is 28.9 Å². The Bertz CT molecular complexity index is 988. The van der Waals surface area contributed by atoms with E-state index in [-0.39, 0.29) is 11.9 Å². The van der Waals surface area contributed by atoms with Gasteiger partial charge in [-0.05, 0) is 30.5 Å². The molecule has 1 aliphatic rings. The number of piperidine rings is 1. The monoisotopic (exact) mass is 423 g/mol. The first-order valence-electron chi connectivity index (χ1n) is 10.2. The lowest BCUT2D eigenvalue weighted by atomic mass is 9.99. The molecule has 6 nitrogen and oxygen atoms in total. The number of urea groups is 1. The smallest absolute Gasteiger partial charge is 0.328 e. The van der Waals surface area contributed by atoms with Gasteiger partial charge in [-0.25, -0.2) is 14.6 Å². The maximum absolute atomic E-state index is 13.0. The predicted molar refractivity (Wildman–Crippen MR) is 118 cm³/mol. The van der Waals surface area contributed by atoms with Crippen molar-refractivity contribution in [2.24, 2.45) is 0 Å². The molecule has 0 aliphatic carbocycles. The highest BCUT2D eigenvalue weighted by Crippen LogP contribution is 2.32. The van der Waals surface area contributed by atoms with Crippen LogP contribution in [0.4, 0.5) is 4.79 Å². The van der Waals surface area contributed by atoms with Gasteiger partial charge < -0.3 is 15.0 Å². The molecule has 1 saturated heterocycles. The number of hydrogen-bond acceptors (Lipinski definition) is 5. The summed E-state index contributed by atoms with van der Waals surface area (Å²) in [5.74, 6) is -0.223. The number of carbonyl (C=O) groups excluding carboxylic acids is 2. The molecule has 0 radical (unpaired) electrons. The molecule has 4 rings (SSSR count). The first-order valence-corrected chi connectivity index (χ1v) is 11.0. The molecule has 3 aromatic rings. The first-order chi connectivity index (χ1) is 14.6. The Morgan fingerprint density at radius 1 is 1.20 bits per heavy atom. The summed E-state index contributed by atoms with van der Waals surface area (Å²) < 4.78 is 6.09. The SMILES string of the molecule is COC(=O)C(Cc1ccccc1)NC(=O)N1CCCC(c2nc3ccccc3s2)C1. The van der Waals surface area contributed by atoms with E-state index in [2.05, 4.69) is 11.4 Å². The van der Waals surface area contributed by atoms with Crippen LogP contribution in [0.1, 0.15) is 29.3 Å². The second-order valence-corrected chi connectivity index (χ2v) is 8.58. The number of carbonyl (C=O) groups is 2. The van der Waals surface area contributed by atoms with E-state index in [1.54, 1.807) is 16.2 Å². The van der Waals surface area contributed by atoms with Gasteiger partial charge in [0.1, 0.15) is 6.04 Å². The van der Waals surface area contributed by atoms with Gasteiger partial charge in [-0.1, -0.05) is 42.5 Å². The van der Waals surface area contributed by atoms with Crippen LogP contribution in [0.15, 0.2) is 54.6 Å². The molecule has 0 spiro atoms. The van der Waals surface area contributed by atoms with Crippen molar-refractivity contribution < 1.29 is 14.3 Å². The first kappa shape index (κ1) is 20.3. The Morgan fingerprint density at radius 3 is 2.73 bits per heavy atom. The molecule has 1 N–H and O–H groups in total. The number of amides is 2. The van der Waals surface area contributed by atoms with Gasteiger partial charge in [0.15, 0.2) is 0 Å². The molecule has 2 amide bonds. The maximum atomic E-state index is 13.0. The highest BCUT2D eigenvalue weighted by atomic mass is 32.1. The van der Waals surface area contributed by atoms with Crippen molar-refractivity contribution in [3.63, 3.8) is 0 Å². The molecule has 0 saturated carbocycles.